The van der Waals surface area contributed by atoms with Crippen LogP contribution in [0.1, 0.15) is 90.0 Å². The standard InChI is InChI=1S/C29H38O7/c1-18(2)14-25(32)36-20-6-11-27(17-30)22-7-10-26(3)21(19-4-5-24(31)35-16-19)9-13-29(26,34)23(22)8-12-28(27,33)15-20/h4-5,14,16-17,20-23,33-34H,6-13,15H2,1-3H3/t20-,21+,22-,23+,26+,27+,28+,29-/m0/s1. The summed E-state index contributed by atoms with van der Waals surface area (Å²) in [4.78, 5) is 36.6. The van der Waals surface area contributed by atoms with Gasteiger partial charge >= 0.3 is 11.6 Å². The average molecular weight is 499 g/mol. The lowest BCUT2D eigenvalue weighted by Gasteiger charge is -2.65. The minimum atomic E-state index is -1.25. The van der Waals surface area contributed by atoms with Gasteiger partial charge in [-0.25, -0.2) is 9.59 Å². The van der Waals surface area contributed by atoms with E-state index in [-0.39, 0.29) is 29.8 Å². The van der Waals surface area contributed by atoms with Crippen molar-refractivity contribution in [2.75, 3.05) is 0 Å². The molecule has 7 nitrogen and oxygen atoms in total. The molecule has 196 valence electrons. The van der Waals surface area contributed by atoms with E-state index in [1.54, 1.807) is 0 Å². The number of allylic oxidation sites excluding steroid dienone is 1. The summed E-state index contributed by atoms with van der Waals surface area (Å²) in [5, 5.41) is 24.3. The van der Waals surface area contributed by atoms with E-state index < -0.39 is 34.1 Å². The summed E-state index contributed by atoms with van der Waals surface area (Å²) >= 11 is 0. The van der Waals surface area contributed by atoms with Gasteiger partial charge in [-0.3, -0.25) is 0 Å². The van der Waals surface area contributed by atoms with Crippen LogP contribution in [0.4, 0.5) is 0 Å². The molecule has 0 bridgehead atoms. The van der Waals surface area contributed by atoms with Crippen LogP contribution in [0.3, 0.4) is 0 Å². The normalized spacial score (nSPS) is 43.5. The minimum Gasteiger partial charge on any atom is -0.459 e. The highest BCUT2D eigenvalue weighted by Crippen LogP contribution is 2.71. The Labute approximate surface area is 211 Å². The summed E-state index contributed by atoms with van der Waals surface area (Å²) in [6.07, 6.45) is 8.60. The Morgan fingerprint density at radius 1 is 1.06 bits per heavy atom. The predicted molar refractivity (Wildman–Crippen MR) is 132 cm³/mol. The molecule has 1 aromatic rings. The molecular formula is C29H38O7. The second-order valence-corrected chi connectivity index (χ2v) is 12.3. The Kier molecular flexibility index (Phi) is 6.11. The van der Waals surface area contributed by atoms with Gasteiger partial charge in [0.25, 0.3) is 0 Å². The van der Waals surface area contributed by atoms with Gasteiger partial charge in [-0.2, -0.15) is 0 Å². The zero-order valence-electron chi connectivity index (χ0n) is 21.5. The fraction of sp³-hybridized carbons (Fsp3) is 0.690. The molecule has 0 aliphatic heterocycles. The van der Waals surface area contributed by atoms with E-state index in [4.69, 9.17) is 9.15 Å². The predicted octanol–water partition coefficient (Wildman–Crippen LogP) is 4.05. The average Bonchev–Trinajstić information content (AvgIpc) is 3.09. The second-order valence-electron chi connectivity index (χ2n) is 12.3. The molecule has 4 saturated carbocycles. The fourth-order valence-electron chi connectivity index (χ4n) is 8.77. The summed E-state index contributed by atoms with van der Waals surface area (Å²) < 4.78 is 10.8. The highest BCUT2D eigenvalue weighted by atomic mass is 16.5. The van der Waals surface area contributed by atoms with E-state index in [1.165, 1.54) is 18.4 Å². The van der Waals surface area contributed by atoms with Crippen molar-refractivity contribution in [2.45, 2.75) is 102 Å². The highest BCUT2D eigenvalue weighted by molar-refractivity contribution is 5.82. The molecule has 1 heterocycles. The second kappa shape index (κ2) is 8.66. The number of hydrogen-bond acceptors (Lipinski definition) is 7. The molecule has 0 radical (unpaired) electrons. The van der Waals surface area contributed by atoms with Crippen molar-refractivity contribution < 1.29 is 29.0 Å². The van der Waals surface area contributed by atoms with Crippen molar-refractivity contribution >= 4 is 12.3 Å². The van der Waals surface area contributed by atoms with Crippen LogP contribution in [0, 0.1) is 22.7 Å². The minimum absolute atomic E-state index is 0.0611. The molecule has 4 aliphatic rings. The maximum absolute atomic E-state index is 12.8. The maximum atomic E-state index is 12.8. The van der Waals surface area contributed by atoms with E-state index in [9.17, 15) is 24.6 Å². The first-order chi connectivity index (χ1) is 17.0. The Hall–Kier alpha value is -2.25. The van der Waals surface area contributed by atoms with Gasteiger partial charge in [0.15, 0.2) is 0 Å². The van der Waals surface area contributed by atoms with E-state index in [0.29, 0.717) is 32.1 Å². The number of ether oxygens (including phenoxy) is 1. The molecule has 0 saturated heterocycles. The molecule has 8 atom stereocenters. The zero-order valence-corrected chi connectivity index (χ0v) is 21.5. The van der Waals surface area contributed by atoms with Crippen molar-refractivity contribution in [3.8, 4) is 0 Å². The lowest BCUT2D eigenvalue weighted by atomic mass is 9.41. The fourth-order valence-corrected chi connectivity index (χ4v) is 8.77. The molecule has 4 fully saturated rings. The molecule has 1 aromatic heterocycles. The topological polar surface area (TPSA) is 114 Å². The molecule has 0 unspecified atom stereocenters. The van der Waals surface area contributed by atoms with E-state index >= 15 is 0 Å². The molecule has 5 rings (SSSR count). The number of aliphatic hydroxyl groups is 2. The zero-order chi connectivity index (χ0) is 25.9. The molecule has 36 heavy (non-hydrogen) atoms. The monoisotopic (exact) mass is 498 g/mol. The molecule has 2 N–H and O–H groups in total. The maximum Gasteiger partial charge on any atom is 0.335 e. The van der Waals surface area contributed by atoms with Crippen molar-refractivity contribution in [2.24, 2.45) is 22.7 Å². The summed E-state index contributed by atoms with van der Waals surface area (Å²) in [5.74, 6) is -0.584. The van der Waals surface area contributed by atoms with Gasteiger partial charge in [-0.05, 0) is 94.6 Å². The Bertz CT molecular complexity index is 1110. The first-order valence-electron chi connectivity index (χ1n) is 13.3. The molecule has 7 heteroatoms. The Balaban J connectivity index is 1.42. The van der Waals surface area contributed by atoms with Crippen molar-refractivity contribution in [1.82, 2.24) is 0 Å². The summed E-state index contributed by atoms with van der Waals surface area (Å²) in [5.41, 5.74) is -2.20. The molecule has 0 aromatic carbocycles. The third-order valence-electron chi connectivity index (χ3n) is 10.5. The summed E-state index contributed by atoms with van der Waals surface area (Å²) in [6, 6.07) is 3.25. The van der Waals surface area contributed by atoms with E-state index in [1.807, 2.05) is 19.9 Å². The molecular weight excluding hydrogens is 460 g/mol. The van der Waals surface area contributed by atoms with Gasteiger partial charge in [-0.15, -0.1) is 0 Å². The van der Waals surface area contributed by atoms with E-state index in [2.05, 4.69) is 6.92 Å². The number of fused-ring (bicyclic) bond motifs is 5. The summed E-state index contributed by atoms with van der Waals surface area (Å²) in [6.45, 7) is 5.80. The molecule has 0 amide bonds. The van der Waals surface area contributed by atoms with Crippen LogP contribution in [0.5, 0.6) is 0 Å². The van der Waals surface area contributed by atoms with Crippen LogP contribution >= 0.6 is 0 Å². The number of aldehydes is 1. The number of rotatable bonds is 4. The Morgan fingerprint density at radius 3 is 2.47 bits per heavy atom. The third kappa shape index (κ3) is 3.57. The lowest BCUT2D eigenvalue weighted by molar-refractivity contribution is -0.248. The van der Waals surface area contributed by atoms with Gasteiger partial charge in [-0.1, -0.05) is 12.5 Å². The number of hydrogen-bond donors (Lipinski definition) is 2. The van der Waals surface area contributed by atoms with Crippen molar-refractivity contribution in [1.29, 1.82) is 0 Å². The van der Waals surface area contributed by atoms with Crippen molar-refractivity contribution in [3.05, 3.63) is 46.0 Å². The van der Waals surface area contributed by atoms with E-state index in [0.717, 1.165) is 36.7 Å². The van der Waals surface area contributed by atoms with Crippen LogP contribution in [-0.2, 0) is 14.3 Å². The van der Waals surface area contributed by atoms with Gasteiger partial charge in [0.1, 0.15) is 12.4 Å². The van der Waals surface area contributed by atoms with Gasteiger partial charge < -0.3 is 24.2 Å². The van der Waals surface area contributed by atoms with Crippen LogP contribution < -0.4 is 5.63 Å². The Morgan fingerprint density at radius 2 is 1.81 bits per heavy atom. The third-order valence-corrected chi connectivity index (χ3v) is 10.5. The SMILES string of the molecule is CC(C)=CC(=O)O[C@H]1CC[C@@]2(C=O)[C@H]3CC[C@]4(C)[C@@H](c5ccc(=O)oc5)CC[C@]4(O)[C@@H]3CC[C@@]2(O)C1. The molecule has 4 aliphatic carbocycles. The molecule has 0 spiro atoms. The number of carbonyl (C=O) groups is 2. The lowest BCUT2D eigenvalue weighted by Crippen LogP contribution is -2.68. The van der Waals surface area contributed by atoms with Crippen molar-refractivity contribution in [3.63, 3.8) is 0 Å². The smallest absolute Gasteiger partial charge is 0.335 e. The van der Waals surface area contributed by atoms with Crippen LogP contribution in [-0.4, -0.2) is 39.8 Å². The van der Waals surface area contributed by atoms with Gasteiger partial charge in [0.2, 0.25) is 0 Å². The highest BCUT2D eigenvalue weighted by Gasteiger charge is 2.71. The quantitative estimate of drug-likeness (QED) is 0.366. The van der Waals surface area contributed by atoms with Crippen LogP contribution in [0.25, 0.3) is 0 Å². The first-order valence-corrected chi connectivity index (χ1v) is 13.3. The summed E-state index contributed by atoms with van der Waals surface area (Å²) in [7, 11) is 0. The van der Waals surface area contributed by atoms with Gasteiger partial charge in [0.05, 0.1) is 22.9 Å². The largest absolute Gasteiger partial charge is 0.459 e. The number of esters is 1. The number of carbonyl (C=O) groups excluding carboxylic acids is 2. The van der Waals surface area contributed by atoms with Crippen LogP contribution in [0.2, 0.25) is 0 Å². The van der Waals surface area contributed by atoms with Crippen LogP contribution in [0.15, 0.2) is 39.3 Å². The first kappa shape index (κ1) is 25.4. The van der Waals surface area contributed by atoms with Gasteiger partial charge in [0, 0.05) is 24.0 Å².